The molecular formula is C23H27N3O5S. The van der Waals surface area contributed by atoms with Crippen molar-refractivity contribution >= 4 is 21.8 Å². The number of amides is 2. The van der Waals surface area contributed by atoms with E-state index in [0.29, 0.717) is 38.2 Å². The Hall–Kier alpha value is -2.91. The van der Waals surface area contributed by atoms with Crippen LogP contribution in [0.25, 0.3) is 0 Å². The second-order valence-electron chi connectivity index (χ2n) is 8.19. The summed E-state index contributed by atoms with van der Waals surface area (Å²) in [6, 6.07) is 13.4. The van der Waals surface area contributed by atoms with Gasteiger partial charge in [0.15, 0.2) is 6.61 Å². The molecule has 1 saturated heterocycles. The molecule has 0 unspecified atom stereocenters. The topological polar surface area (TPSA) is 110 Å². The Bertz CT molecular complexity index is 1100. The smallest absolute Gasteiger partial charge is 0.261 e. The lowest BCUT2D eigenvalue weighted by molar-refractivity contribution is -0.149. The minimum Gasteiger partial charge on any atom is -0.484 e. The molecule has 2 aromatic rings. The number of carbonyl (C=O) groups excluding carboxylic acids is 2. The first-order valence-corrected chi connectivity index (χ1v) is 12.3. The van der Waals surface area contributed by atoms with E-state index in [1.54, 1.807) is 34.1 Å². The Morgan fingerprint density at radius 2 is 1.81 bits per heavy atom. The minimum absolute atomic E-state index is 0.0399. The molecule has 4 rings (SSSR count). The van der Waals surface area contributed by atoms with Gasteiger partial charge in [-0.05, 0) is 61.1 Å². The molecule has 0 aliphatic carbocycles. The quantitative estimate of drug-likeness (QED) is 0.735. The molecule has 2 aromatic carbocycles. The van der Waals surface area contributed by atoms with E-state index >= 15 is 0 Å². The van der Waals surface area contributed by atoms with Gasteiger partial charge in [0.05, 0.1) is 4.90 Å². The molecule has 9 heteroatoms. The number of primary sulfonamides is 1. The first-order valence-electron chi connectivity index (χ1n) is 10.7. The van der Waals surface area contributed by atoms with Gasteiger partial charge >= 0.3 is 0 Å². The Kier molecular flexibility index (Phi) is 6.48. The van der Waals surface area contributed by atoms with Crippen LogP contribution >= 0.6 is 0 Å². The van der Waals surface area contributed by atoms with E-state index < -0.39 is 16.1 Å². The first kappa shape index (κ1) is 22.3. The molecule has 2 amide bonds. The van der Waals surface area contributed by atoms with Crippen LogP contribution in [-0.2, 0) is 32.6 Å². The van der Waals surface area contributed by atoms with Crippen molar-refractivity contribution in [3.05, 3.63) is 59.7 Å². The molecular weight excluding hydrogens is 430 g/mol. The molecule has 0 bridgehead atoms. The number of ether oxygens (including phenoxy) is 1. The van der Waals surface area contributed by atoms with Crippen LogP contribution in [-0.4, -0.2) is 55.8 Å². The molecule has 170 valence electrons. The number of benzene rings is 2. The van der Waals surface area contributed by atoms with Crippen molar-refractivity contribution in [1.29, 1.82) is 0 Å². The van der Waals surface area contributed by atoms with Gasteiger partial charge in [-0.25, -0.2) is 13.6 Å². The van der Waals surface area contributed by atoms with E-state index in [0.717, 1.165) is 24.0 Å². The number of nitrogens with zero attached hydrogens (tertiary/aromatic N) is 2. The highest BCUT2D eigenvalue weighted by atomic mass is 32.2. The van der Waals surface area contributed by atoms with Crippen LogP contribution in [0.4, 0.5) is 0 Å². The molecule has 2 N–H and O–H groups in total. The summed E-state index contributed by atoms with van der Waals surface area (Å²) in [5.41, 5.74) is 1.78. The van der Waals surface area contributed by atoms with Gasteiger partial charge in [-0.1, -0.05) is 24.3 Å². The van der Waals surface area contributed by atoms with Crippen LogP contribution < -0.4 is 9.88 Å². The van der Waals surface area contributed by atoms with Crippen molar-refractivity contribution < 1.29 is 22.7 Å². The Labute approximate surface area is 188 Å². The Balaban J connectivity index is 1.46. The van der Waals surface area contributed by atoms with Crippen molar-refractivity contribution in [3.8, 4) is 5.75 Å². The van der Waals surface area contributed by atoms with Crippen molar-refractivity contribution in [2.75, 3.05) is 19.7 Å². The number of carbonyl (C=O) groups is 2. The monoisotopic (exact) mass is 457 g/mol. The van der Waals surface area contributed by atoms with E-state index in [9.17, 15) is 18.0 Å². The number of hydrogen-bond donors (Lipinski definition) is 1. The van der Waals surface area contributed by atoms with Gasteiger partial charge in [-0.15, -0.1) is 0 Å². The van der Waals surface area contributed by atoms with Crippen LogP contribution in [0.1, 0.15) is 30.4 Å². The highest BCUT2D eigenvalue weighted by Gasteiger charge is 2.36. The normalized spacial score (nSPS) is 18.7. The van der Waals surface area contributed by atoms with E-state index in [2.05, 4.69) is 0 Å². The highest BCUT2D eigenvalue weighted by Crippen LogP contribution is 2.26. The molecule has 8 nitrogen and oxygen atoms in total. The summed E-state index contributed by atoms with van der Waals surface area (Å²) in [6.07, 6.45) is 2.96. The lowest BCUT2D eigenvalue weighted by atomic mass is 9.96. The maximum atomic E-state index is 13.4. The average molecular weight is 458 g/mol. The van der Waals surface area contributed by atoms with Crippen LogP contribution in [0, 0.1) is 0 Å². The summed E-state index contributed by atoms with van der Waals surface area (Å²) >= 11 is 0. The Morgan fingerprint density at radius 1 is 1.03 bits per heavy atom. The summed E-state index contributed by atoms with van der Waals surface area (Å²) in [5.74, 6) is 0.296. The number of nitrogens with two attached hydrogens (primary N) is 1. The zero-order valence-corrected chi connectivity index (χ0v) is 18.6. The minimum atomic E-state index is -3.81. The van der Waals surface area contributed by atoms with Crippen LogP contribution in [0.3, 0.4) is 0 Å². The summed E-state index contributed by atoms with van der Waals surface area (Å²) in [7, 11) is -3.81. The molecule has 0 spiro atoms. The predicted molar refractivity (Wildman–Crippen MR) is 118 cm³/mol. The summed E-state index contributed by atoms with van der Waals surface area (Å²) in [5, 5.41) is 5.26. The summed E-state index contributed by atoms with van der Waals surface area (Å²) < 4.78 is 29.0. The predicted octanol–water partition coefficient (Wildman–Crippen LogP) is 1.68. The number of fused-ring (bicyclic) bond motifs is 1. The van der Waals surface area contributed by atoms with Gasteiger partial charge in [0.25, 0.3) is 5.91 Å². The van der Waals surface area contributed by atoms with E-state index in [-0.39, 0.29) is 23.3 Å². The SMILES string of the molecule is NS(=O)(=O)c1ccc2c(c1)CN(C(=O)[C@H]1CCCCN1C(=O)COc1ccccc1)CC2. The largest absolute Gasteiger partial charge is 0.484 e. The van der Waals surface area contributed by atoms with Crippen molar-refractivity contribution in [2.45, 2.75) is 43.2 Å². The van der Waals surface area contributed by atoms with Gasteiger partial charge in [0.1, 0.15) is 11.8 Å². The van der Waals surface area contributed by atoms with Crippen LogP contribution in [0.2, 0.25) is 0 Å². The number of para-hydroxylation sites is 1. The number of likely N-dealkylation sites (tertiary alicyclic amines) is 1. The molecule has 2 aliphatic rings. The fraction of sp³-hybridized carbons (Fsp3) is 0.391. The lowest BCUT2D eigenvalue weighted by Crippen LogP contribution is -2.54. The van der Waals surface area contributed by atoms with Crippen molar-refractivity contribution in [2.24, 2.45) is 5.14 Å². The maximum absolute atomic E-state index is 13.4. The van der Waals surface area contributed by atoms with Gasteiger partial charge in [-0.2, -0.15) is 0 Å². The summed E-state index contributed by atoms with van der Waals surface area (Å²) in [6.45, 7) is 1.23. The maximum Gasteiger partial charge on any atom is 0.261 e. The fourth-order valence-electron chi connectivity index (χ4n) is 4.34. The van der Waals surface area contributed by atoms with Gasteiger partial charge in [-0.3, -0.25) is 9.59 Å². The average Bonchev–Trinajstić information content (AvgIpc) is 2.81. The second kappa shape index (κ2) is 9.30. The standard InChI is InChI=1S/C23H27N3O5S/c24-32(29,30)20-10-9-17-11-13-25(15-18(17)14-20)23(28)21-8-4-5-12-26(21)22(27)16-31-19-6-2-1-3-7-19/h1-3,6-7,9-10,14,21H,4-5,8,11-13,15-16H2,(H2,24,29,30)/t21-/m1/s1. The summed E-state index contributed by atoms with van der Waals surface area (Å²) in [4.78, 5) is 29.6. The molecule has 32 heavy (non-hydrogen) atoms. The molecule has 0 aromatic heterocycles. The van der Waals surface area contributed by atoms with E-state index in [4.69, 9.17) is 9.88 Å². The van der Waals surface area contributed by atoms with E-state index in [1.807, 2.05) is 18.2 Å². The number of rotatable bonds is 5. The van der Waals surface area contributed by atoms with Gasteiger partial charge in [0, 0.05) is 19.6 Å². The zero-order chi connectivity index (χ0) is 22.7. The highest BCUT2D eigenvalue weighted by molar-refractivity contribution is 7.89. The number of hydrogen-bond acceptors (Lipinski definition) is 5. The van der Waals surface area contributed by atoms with Crippen LogP contribution in [0.5, 0.6) is 5.75 Å². The number of sulfonamides is 1. The molecule has 2 aliphatic heterocycles. The molecule has 2 heterocycles. The molecule has 1 atom stereocenters. The fourth-order valence-corrected chi connectivity index (χ4v) is 4.91. The first-order chi connectivity index (χ1) is 15.3. The number of piperidine rings is 1. The van der Waals surface area contributed by atoms with Gasteiger partial charge in [0.2, 0.25) is 15.9 Å². The van der Waals surface area contributed by atoms with Crippen molar-refractivity contribution in [1.82, 2.24) is 9.80 Å². The zero-order valence-electron chi connectivity index (χ0n) is 17.8. The third-order valence-electron chi connectivity index (χ3n) is 6.04. The van der Waals surface area contributed by atoms with Gasteiger partial charge < -0.3 is 14.5 Å². The second-order valence-corrected chi connectivity index (χ2v) is 9.75. The molecule has 1 fully saturated rings. The molecule has 0 radical (unpaired) electrons. The van der Waals surface area contributed by atoms with Crippen molar-refractivity contribution in [3.63, 3.8) is 0 Å². The third-order valence-corrected chi connectivity index (χ3v) is 6.95. The van der Waals surface area contributed by atoms with E-state index in [1.165, 1.54) is 6.07 Å². The third kappa shape index (κ3) is 4.94. The molecule has 0 saturated carbocycles. The Morgan fingerprint density at radius 3 is 2.56 bits per heavy atom. The lowest BCUT2D eigenvalue weighted by Gasteiger charge is -2.39. The van der Waals surface area contributed by atoms with Crippen LogP contribution in [0.15, 0.2) is 53.4 Å².